The Morgan fingerprint density at radius 1 is 1.28 bits per heavy atom. The smallest absolute Gasteiger partial charge is 0.274 e. The zero-order valence-corrected chi connectivity index (χ0v) is 14.3. The van der Waals surface area contributed by atoms with Crippen molar-refractivity contribution in [1.82, 2.24) is 4.57 Å². The number of aromatic nitrogens is 1. The fraction of sp³-hybridized carbons (Fsp3) is 0.316. The van der Waals surface area contributed by atoms with Crippen LogP contribution in [0.1, 0.15) is 24.0 Å². The second-order valence-electron chi connectivity index (χ2n) is 6.42. The number of benzene rings is 1. The SMILES string of the molecule is Cc1ccn(C)c(=O)c1NC(=O)CCC1Cc2ccccc2NC1=O. The molecule has 0 radical (unpaired) electrons. The molecule has 1 aliphatic heterocycles. The first-order valence-corrected chi connectivity index (χ1v) is 8.30. The Bertz CT molecular complexity index is 886. The molecule has 0 bridgehead atoms. The van der Waals surface area contributed by atoms with Crippen molar-refractivity contribution in [2.45, 2.75) is 26.2 Å². The number of pyridine rings is 1. The van der Waals surface area contributed by atoms with Crippen LogP contribution in [0.4, 0.5) is 11.4 Å². The first kappa shape index (κ1) is 17.0. The number of aryl methyl sites for hydroxylation is 2. The second kappa shape index (κ2) is 6.93. The summed E-state index contributed by atoms with van der Waals surface area (Å²) in [6.07, 6.45) is 2.93. The molecule has 2 heterocycles. The third kappa shape index (κ3) is 3.63. The third-order valence-corrected chi connectivity index (χ3v) is 4.57. The Hall–Kier alpha value is -2.89. The van der Waals surface area contributed by atoms with Crippen LogP contribution in [0.25, 0.3) is 0 Å². The Balaban J connectivity index is 1.63. The van der Waals surface area contributed by atoms with E-state index in [0.717, 1.165) is 16.8 Å². The van der Waals surface area contributed by atoms with E-state index in [2.05, 4.69) is 10.6 Å². The van der Waals surface area contributed by atoms with Crippen molar-refractivity contribution in [3.63, 3.8) is 0 Å². The Kier molecular flexibility index (Phi) is 4.70. The molecule has 0 saturated heterocycles. The summed E-state index contributed by atoms with van der Waals surface area (Å²) in [4.78, 5) is 36.5. The maximum absolute atomic E-state index is 12.2. The van der Waals surface area contributed by atoms with Crippen molar-refractivity contribution in [1.29, 1.82) is 0 Å². The van der Waals surface area contributed by atoms with Crippen LogP contribution < -0.4 is 16.2 Å². The van der Waals surface area contributed by atoms with Crippen LogP contribution in [0.2, 0.25) is 0 Å². The fourth-order valence-electron chi connectivity index (χ4n) is 3.03. The number of carbonyl (C=O) groups excluding carboxylic acids is 2. The van der Waals surface area contributed by atoms with Gasteiger partial charge in [-0.05, 0) is 43.0 Å². The van der Waals surface area contributed by atoms with Gasteiger partial charge in [-0.15, -0.1) is 0 Å². The van der Waals surface area contributed by atoms with Gasteiger partial charge in [-0.2, -0.15) is 0 Å². The predicted molar refractivity (Wildman–Crippen MR) is 96.5 cm³/mol. The minimum atomic E-state index is -0.252. The zero-order chi connectivity index (χ0) is 18.0. The van der Waals surface area contributed by atoms with E-state index in [1.807, 2.05) is 24.3 Å². The molecule has 130 valence electrons. The van der Waals surface area contributed by atoms with E-state index in [1.165, 1.54) is 4.57 Å². The molecule has 3 rings (SSSR count). The monoisotopic (exact) mass is 339 g/mol. The minimum Gasteiger partial charge on any atom is -0.326 e. The van der Waals surface area contributed by atoms with Crippen LogP contribution in [-0.4, -0.2) is 16.4 Å². The van der Waals surface area contributed by atoms with Crippen LogP contribution in [0, 0.1) is 12.8 Å². The van der Waals surface area contributed by atoms with Crippen molar-refractivity contribution >= 4 is 23.2 Å². The lowest BCUT2D eigenvalue weighted by Crippen LogP contribution is -2.31. The number of hydrogen-bond acceptors (Lipinski definition) is 3. The van der Waals surface area contributed by atoms with Crippen LogP contribution in [-0.2, 0) is 23.1 Å². The van der Waals surface area contributed by atoms with E-state index in [0.29, 0.717) is 18.5 Å². The van der Waals surface area contributed by atoms with Gasteiger partial charge in [0, 0.05) is 31.3 Å². The highest BCUT2D eigenvalue weighted by molar-refractivity contribution is 5.96. The molecule has 0 aliphatic carbocycles. The number of para-hydroxylation sites is 1. The molecule has 1 aromatic heterocycles. The van der Waals surface area contributed by atoms with Crippen LogP contribution >= 0.6 is 0 Å². The topological polar surface area (TPSA) is 80.2 Å². The van der Waals surface area contributed by atoms with E-state index in [9.17, 15) is 14.4 Å². The molecule has 0 spiro atoms. The lowest BCUT2D eigenvalue weighted by molar-refractivity contribution is -0.121. The average molecular weight is 339 g/mol. The molecule has 2 aromatic rings. The molecule has 6 nitrogen and oxygen atoms in total. The summed E-state index contributed by atoms with van der Waals surface area (Å²) >= 11 is 0. The van der Waals surface area contributed by atoms with Crippen LogP contribution in [0.15, 0.2) is 41.3 Å². The van der Waals surface area contributed by atoms with Crippen LogP contribution in [0.5, 0.6) is 0 Å². The first-order valence-electron chi connectivity index (χ1n) is 8.30. The fourth-order valence-corrected chi connectivity index (χ4v) is 3.03. The average Bonchev–Trinajstić information content (AvgIpc) is 2.60. The van der Waals surface area contributed by atoms with Gasteiger partial charge < -0.3 is 15.2 Å². The van der Waals surface area contributed by atoms with Crippen molar-refractivity contribution in [2.24, 2.45) is 13.0 Å². The quantitative estimate of drug-likeness (QED) is 0.896. The number of nitrogens with zero attached hydrogens (tertiary/aromatic N) is 1. The highest BCUT2D eigenvalue weighted by Gasteiger charge is 2.26. The Morgan fingerprint density at radius 3 is 2.84 bits per heavy atom. The summed E-state index contributed by atoms with van der Waals surface area (Å²) in [7, 11) is 1.64. The number of anilines is 2. The van der Waals surface area contributed by atoms with Gasteiger partial charge in [0.2, 0.25) is 11.8 Å². The van der Waals surface area contributed by atoms with Gasteiger partial charge in [0.25, 0.3) is 5.56 Å². The summed E-state index contributed by atoms with van der Waals surface area (Å²) in [6, 6.07) is 9.47. The predicted octanol–water partition coefficient (Wildman–Crippen LogP) is 2.22. The summed E-state index contributed by atoms with van der Waals surface area (Å²) < 4.78 is 1.42. The van der Waals surface area contributed by atoms with Gasteiger partial charge in [-0.25, -0.2) is 0 Å². The highest BCUT2D eigenvalue weighted by Crippen LogP contribution is 2.27. The van der Waals surface area contributed by atoms with Gasteiger partial charge >= 0.3 is 0 Å². The first-order chi connectivity index (χ1) is 12.0. The molecule has 0 fully saturated rings. The van der Waals surface area contributed by atoms with Crippen molar-refractivity contribution in [2.75, 3.05) is 10.6 Å². The van der Waals surface area contributed by atoms with E-state index < -0.39 is 0 Å². The summed E-state index contributed by atoms with van der Waals surface area (Å²) in [5.74, 6) is -0.545. The molecule has 6 heteroatoms. The normalized spacial score (nSPS) is 16.1. The van der Waals surface area contributed by atoms with Gasteiger partial charge in [0.1, 0.15) is 5.69 Å². The third-order valence-electron chi connectivity index (χ3n) is 4.57. The molecule has 2 amide bonds. The molecular weight excluding hydrogens is 318 g/mol. The second-order valence-corrected chi connectivity index (χ2v) is 6.42. The number of amides is 2. The number of carbonyl (C=O) groups is 2. The molecule has 0 saturated carbocycles. The molecule has 2 N–H and O–H groups in total. The molecule has 1 unspecified atom stereocenters. The zero-order valence-electron chi connectivity index (χ0n) is 14.3. The summed E-state index contributed by atoms with van der Waals surface area (Å²) in [5.41, 5.74) is 2.71. The number of hydrogen-bond donors (Lipinski definition) is 2. The van der Waals surface area contributed by atoms with Gasteiger partial charge in [0.15, 0.2) is 0 Å². The summed E-state index contributed by atoms with van der Waals surface area (Å²) in [6.45, 7) is 1.78. The molecule has 1 aliphatic rings. The van der Waals surface area contributed by atoms with Crippen molar-refractivity contribution < 1.29 is 9.59 Å². The molecule has 1 aromatic carbocycles. The maximum atomic E-state index is 12.2. The van der Waals surface area contributed by atoms with Gasteiger partial charge in [-0.1, -0.05) is 18.2 Å². The maximum Gasteiger partial charge on any atom is 0.274 e. The lowest BCUT2D eigenvalue weighted by Gasteiger charge is -2.24. The van der Waals surface area contributed by atoms with Gasteiger partial charge in [0.05, 0.1) is 0 Å². The standard InChI is InChI=1S/C19H21N3O3/c1-12-9-10-22(2)19(25)17(12)21-16(23)8-7-14-11-13-5-3-4-6-15(13)20-18(14)24/h3-6,9-10,14H,7-8,11H2,1-2H3,(H,20,24)(H,21,23). The molecular formula is C19H21N3O3. The van der Waals surface area contributed by atoms with Crippen molar-refractivity contribution in [3.05, 3.63) is 58.0 Å². The van der Waals surface area contributed by atoms with E-state index in [-0.39, 0.29) is 29.7 Å². The van der Waals surface area contributed by atoms with E-state index in [4.69, 9.17) is 0 Å². The summed E-state index contributed by atoms with van der Waals surface area (Å²) in [5, 5.41) is 5.57. The van der Waals surface area contributed by atoms with E-state index in [1.54, 1.807) is 26.2 Å². The van der Waals surface area contributed by atoms with Crippen molar-refractivity contribution in [3.8, 4) is 0 Å². The molecule has 25 heavy (non-hydrogen) atoms. The largest absolute Gasteiger partial charge is 0.326 e. The highest BCUT2D eigenvalue weighted by atomic mass is 16.2. The Morgan fingerprint density at radius 2 is 2.04 bits per heavy atom. The number of nitrogens with one attached hydrogen (secondary N) is 2. The lowest BCUT2D eigenvalue weighted by atomic mass is 9.89. The number of fused-ring (bicyclic) bond motifs is 1. The van der Waals surface area contributed by atoms with E-state index >= 15 is 0 Å². The number of rotatable bonds is 4. The van der Waals surface area contributed by atoms with Crippen LogP contribution in [0.3, 0.4) is 0 Å². The minimum absolute atomic E-state index is 0.0571. The van der Waals surface area contributed by atoms with Gasteiger partial charge in [-0.3, -0.25) is 14.4 Å². The Labute approximate surface area is 145 Å². The molecule has 1 atom stereocenters.